The van der Waals surface area contributed by atoms with Crippen molar-refractivity contribution in [1.29, 1.82) is 0 Å². The summed E-state index contributed by atoms with van der Waals surface area (Å²) in [5, 5.41) is 3.12. The van der Waals surface area contributed by atoms with E-state index in [0.717, 1.165) is 6.42 Å². The summed E-state index contributed by atoms with van der Waals surface area (Å²) >= 11 is 0. The Hall–Kier alpha value is -1.06. The van der Waals surface area contributed by atoms with Gasteiger partial charge in [-0.05, 0) is 42.6 Å². The Balaban J connectivity index is 0.00000161. The Labute approximate surface area is 133 Å². The van der Waals surface area contributed by atoms with Crippen LogP contribution in [0.25, 0.3) is 0 Å². The Bertz CT molecular complexity index is 477. The van der Waals surface area contributed by atoms with Crippen molar-refractivity contribution >= 4 is 18.3 Å². The molecule has 1 aromatic rings. The number of carbonyl (C=O) groups is 1. The van der Waals surface area contributed by atoms with Gasteiger partial charge in [-0.1, -0.05) is 37.3 Å². The van der Waals surface area contributed by atoms with E-state index >= 15 is 0 Å². The van der Waals surface area contributed by atoms with Crippen molar-refractivity contribution in [1.82, 2.24) is 5.32 Å². The molecule has 3 rings (SSSR count). The van der Waals surface area contributed by atoms with Crippen LogP contribution in [-0.2, 0) is 4.79 Å². The van der Waals surface area contributed by atoms with E-state index in [1.165, 1.54) is 18.4 Å². The van der Waals surface area contributed by atoms with Crippen LogP contribution < -0.4 is 11.1 Å². The summed E-state index contributed by atoms with van der Waals surface area (Å²) < 4.78 is 0. The van der Waals surface area contributed by atoms with Crippen molar-refractivity contribution in [3.63, 3.8) is 0 Å². The number of benzene rings is 1. The Morgan fingerprint density at radius 2 is 1.95 bits per heavy atom. The molecule has 2 bridgehead atoms. The molecule has 116 valence electrons. The lowest BCUT2D eigenvalue weighted by Crippen LogP contribution is -2.45. The highest BCUT2D eigenvalue weighted by Crippen LogP contribution is 2.47. The second-order valence-corrected chi connectivity index (χ2v) is 6.49. The summed E-state index contributed by atoms with van der Waals surface area (Å²) in [6.45, 7) is 2.85. The van der Waals surface area contributed by atoms with Gasteiger partial charge in [-0.3, -0.25) is 4.79 Å². The van der Waals surface area contributed by atoms with Gasteiger partial charge in [-0.25, -0.2) is 0 Å². The highest BCUT2D eigenvalue weighted by molar-refractivity contribution is 5.85. The van der Waals surface area contributed by atoms with Gasteiger partial charge in [0.1, 0.15) is 0 Å². The molecule has 21 heavy (non-hydrogen) atoms. The molecule has 4 heteroatoms. The van der Waals surface area contributed by atoms with Gasteiger partial charge in [0.05, 0.1) is 5.92 Å². The van der Waals surface area contributed by atoms with Crippen molar-refractivity contribution in [2.24, 2.45) is 23.5 Å². The van der Waals surface area contributed by atoms with Gasteiger partial charge in [0.15, 0.2) is 0 Å². The van der Waals surface area contributed by atoms with Gasteiger partial charge in [0.25, 0.3) is 0 Å². The molecule has 0 aliphatic heterocycles. The molecule has 0 saturated heterocycles. The standard InChI is InChI=1S/C17H24N2O.ClH/c1-11(12-5-3-2-4-6-12)10-19-17(20)15-13-7-8-14(9-13)16(15)18;/h2-6,11,13-16H,7-10,18H2,1H3,(H,19,20);1H. The summed E-state index contributed by atoms with van der Waals surface area (Å²) in [6, 6.07) is 10.4. The molecule has 5 atom stereocenters. The average Bonchev–Trinajstić information content (AvgIpc) is 3.06. The predicted molar refractivity (Wildman–Crippen MR) is 87.4 cm³/mol. The number of hydrogen-bond acceptors (Lipinski definition) is 2. The van der Waals surface area contributed by atoms with Gasteiger partial charge >= 0.3 is 0 Å². The van der Waals surface area contributed by atoms with Crippen molar-refractivity contribution in [2.75, 3.05) is 6.54 Å². The summed E-state index contributed by atoms with van der Waals surface area (Å²) in [5.41, 5.74) is 7.49. The maximum Gasteiger partial charge on any atom is 0.224 e. The fraction of sp³-hybridized carbons (Fsp3) is 0.588. The normalized spacial score (nSPS) is 31.5. The first-order valence-electron chi connectivity index (χ1n) is 7.75. The number of nitrogens with two attached hydrogens (primary N) is 1. The van der Waals surface area contributed by atoms with Crippen LogP contribution in [0.15, 0.2) is 30.3 Å². The summed E-state index contributed by atoms with van der Waals surface area (Å²) in [4.78, 5) is 12.4. The minimum absolute atomic E-state index is 0. The SMILES string of the molecule is CC(CNC(=O)C1C2CCC(C2)C1N)c1ccccc1.Cl. The van der Waals surface area contributed by atoms with Gasteiger partial charge in [0, 0.05) is 12.6 Å². The quantitative estimate of drug-likeness (QED) is 0.898. The van der Waals surface area contributed by atoms with E-state index < -0.39 is 0 Å². The van der Waals surface area contributed by atoms with Crippen LogP contribution in [0, 0.1) is 17.8 Å². The predicted octanol–water partition coefficient (Wildman–Crippen LogP) is 2.70. The zero-order valence-corrected chi connectivity index (χ0v) is 13.3. The fourth-order valence-corrected chi connectivity index (χ4v) is 4.00. The van der Waals surface area contributed by atoms with E-state index in [4.69, 9.17) is 5.73 Å². The Morgan fingerprint density at radius 3 is 2.57 bits per heavy atom. The minimum Gasteiger partial charge on any atom is -0.355 e. The molecular weight excluding hydrogens is 284 g/mol. The van der Waals surface area contributed by atoms with E-state index in [9.17, 15) is 4.79 Å². The largest absolute Gasteiger partial charge is 0.355 e. The molecule has 0 radical (unpaired) electrons. The van der Waals surface area contributed by atoms with E-state index in [2.05, 4.69) is 24.4 Å². The maximum absolute atomic E-state index is 12.4. The van der Waals surface area contributed by atoms with E-state index in [1.54, 1.807) is 0 Å². The first-order chi connectivity index (χ1) is 9.66. The molecule has 0 heterocycles. The number of carbonyl (C=O) groups excluding carboxylic acids is 1. The van der Waals surface area contributed by atoms with Crippen LogP contribution in [0.4, 0.5) is 0 Å². The molecule has 0 aromatic heterocycles. The maximum atomic E-state index is 12.4. The van der Waals surface area contributed by atoms with Crippen molar-refractivity contribution in [3.8, 4) is 0 Å². The van der Waals surface area contributed by atoms with Crippen LogP contribution in [-0.4, -0.2) is 18.5 Å². The average molecular weight is 309 g/mol. The molecule has 0 spiro atoms. The smallest absolute Gasteiger partial charge is 0.224 e. The molecule has 2 fully saturated rings. The molecule has 3 N–H and O–H groups in total. The van der Waals surface area contributed by atoms with Crippen LogP contribution in [0.5, 0.6) is 0 Å². The van der Waals surface area contributed by atoms with Crippen molar-refractivity contribution in [3.05, 3.63) is 35.9 Å². The highest BCUT2D eigenvalue weighted by atomic mass is 35.5. The Morgan fingerprint density at radius 1 is 1.29 bits per heavy atom. The third kappa shape index (κ3) is 3.24. The number of hydrogen-bond donors (Lipinski definition) is 2. The van der Waals surface area contributed by atoms with Gasteiger partial charge in [0.2, 0.25) is 5.91 Å². The number of amides is 1. The summed E-state index contributed by atoms with van der Waals surface area (Å²) in [6.07, 6.45) is 3.56. The van der Waals surface area contributed by atoms with E-state index in [-0.39, 0.29) is 30.3 Å². The molecule has 5 unspecified atom stereocenters. The zero-order chi connectivity index (χ0) is 14.1. The fourth-order valence-electron chi connectivity index (χ4n) is 4.00. The molecule has 1 amide bonds. The van der Waals surface area contributed by atoms with Gasteiger partial charge < -0.3 is 11.1 Å². The first-order valence-corrected chi connectivity index (χ1v) is 7.75. The van der Waals surface area contributed by atoms with Crippen LogP contribution in [0.2, 0.25) is 0 Å². The van der Waals surface area contributed by atoms with Crippen LogP contribution in [0.1, 0.15) is 37.7 Å². The van der Waals surface area contributed by atoms with Crippen molar-refractivity contribution < 1.29 is 4.79 Å². The number of nitrogens with one attached hydrogen (secondary N) is 1. The lowest BCUT2D eigenvalue weighted by Gasteiger charge is -2.27. The molecule has 2 aliphatic carbocycles. The lowest BCUT2D eigenvalue weighted by molar-refractivity contribution is -0.127. The minimum atomic E-state index is 0. The zero-order valence-electron chi connectivity index (χ0n) is 12.5. The third-order valence-corrected chi connectivity index (χ3v) is 5.23. The van der Waals surface area contributed by atoms with E-state index in [0.29, 0.717) is 24.3 Å². The molecular formula is C17H25ClN2O. The number of fused-ring (bicyclic) bond motifs is 2. The molecule has 2 aliphatic rings. The second kappa shape index (κ2) is 6.80. The van der Waals surface area contributed by atoms with Crippen LogP contribution >= 0.6 is 12.4 Å². The lowest BCUT2D eigenvalue weighted by atomic mass is 9.84. The first kappa shape index (κ1) is 16.3. The molecule has 2 saturated carbocycles. The Kier molecular flexibility index (Phi) is 5.28. The molecule has 1 aromatic carbocycles. The molecule has 3 nitrogen and oxygen atoms in total. The number of halogens is 1. The number of rotatable bonds is 4. The highest BCUT2D eigenvalue weighted by Gasteiger charge is 2.48. The van der Waals surface area contributed by atoms with Crippen LogP contribution in [0.3, 0.4) is 0 Å². The second-order valence-electron chi connectivity index (χ2n) is 6.49. The summed E-state index contributed by atoms with van der Waals surface area (Å²) in [7, 11) is 0. The third-order valence-electron chi connectivity index (χ3n) is 5.23. The van der Waals surface area contributed by atoms with Gasteiger partial charge in [-0.15, -0.1) is 12.4 Å². The topological polar surface area (TPSA) is 55.1 Å². The monoisotopic (exact) mass is 308 g/mol. The van der Waals surface area contributed by atoms with E-state index in [1.807, 2.05) is 18.2 Å². The summed E-state index contributed by atoms with van der Waals surface area (Å²) in [5.74, 6) is 1.68. The van der Waals surface area contributed by atoms with Crippen molar-refractivity contribution in [2.45, 2.75) is 38.1 Å². The van der Waals surface area contributed by atoms with Gasteiger partial charge in [-0.2, -0.15) is 0 Å².